The SMILES string of the molecule is O=C([C@H]1CCS(=O)(=O)C1)N1CC[NH+](C(c2ccccc2)c2ccccc2)CC1. The summed E-state index contributed by atoms with van der Waals surface area (Å²) in [5.74, 6) is -0.143. The van der Waals surface area contributed by atoms with Crippen molar-refractivity contribution in [2.75, 3.05) is 37.7 Å². The number of piperazine rings is 1. The summed E-state index contributed by atoms with van der Waals surface area (Å²) < 4.78 is 23.4. The molecule has 6 heteroatoms. The maximum atomic E-state index is 12.8. The highest BCUT2D eigenvalue weighted by Gasteiger charge is 2.38. The Labute approximate surface area is 166 Å². The number of hydrogen-bond acceptors (Lipinski definition) is 3. The first-order chi connectivity index (χ1) is 13.5. The van der Waals surface area contributed by atoms with Crippen molar-refractivity contribution in [1.82, 2.24) is 4.90 Å². The molecule has 148 valence electrons. The summed E-state index contributed by atoms with van der Waals surface area (Å²) in [6.07, 6.45) is 0.477. The maximum absolute atomic E-state index is 12.8. The molecular formula is C22H27N2O3S+. The van der Waals surface area contributed by atoms with Crippen LogP contribution in [0.5, 0.6) is 0 Å². The van der Waals surface area contributed by atoms with Crippen LogP contribution in [0.25, 0.3) is 0 Å². The minimum atomic E-state index is -3.03. The van der Waals surface area contributed by atoms with Gasteiger partial charge in [-0.15, -0.1) is 0 Å². The molecule has 2 aromatic carbocycles. The van der Waals surface area contributed by atoms with E-state index in [2.05, 4.69) is 48.5 Å². The lowest BCUT2D eigenvalue weighted by Crippen LogP contribution is -3.15. The van der Waals surface area contributed by atoms with Crippen LogP contribution in [0.1, 0.15) is 23.6 Å². The molecule has 2 aromatic rings. The van der Waals surface area contributed by atoms with Gasteiger partial charge in [0.1, 0.15) is 6.04 Å². The van der Waals surface area contributed by atoms with E-state index in [1.165, 1.54) is 16.0 Å². The van der Waals surface area contributed by atoms with E-state index >= 15 is 0 Å². The average Bonchev–Trinajstić information content (AvgIpc) is 3.10. The van der Waals surface area contributed by atoms with E-state index in [9.17, 15) is 13.2 Å². The minimum Gasteiger partial charge on any atom is -0.331 e. The van der Waals surface area contributed by atoms with Crippen LogP contribution in [0, 0.1) is 5.92 Å². The van der Waals surface area contributed by atoms with Gasteiger partial charge in [-0.25, -0.2) is 8.42 Å². The van der Waals surface area contributed by atoms with Gasteiger partial charge in [-0.3, -0.25) is 4.79 Å². The Morgan fingerprint density at radius 1 is 0.929 bits per heavy atom. The Hall–Kier alpha value is -2.18. The molecule has 1 amide bonds. The highest BCUT2D eigenvalue weighted by atomic mass is 32.2. The fraction of sp³-hybridized carbons (Fsp3) is 0.409. The number of amides is 1. The standard InChI is InChI=1S/C22H26N2O3S/c25-22(20-11-16-28(26,27)17-20)24-14-12-23(13-15-24)21(18-7-3-1-4-8-18)19-9-5-2-6-10-19/h1-10,20-21H,11-17H2/p+1/t20-/m0/s1. The predicted octanol–water partition coefficient (Wildman–Crippen LogP) is 0.938. The largest absolute Gasteiger partial charge is 0.331 e. The molecule has 0 aliphatic carbocycles. The number of hydrogen-bond donors (Lipinski definition) is 1. The Morgan fingerprint density at radius 3 is 1.93 bits per heavy atom. The zero-order chi connectivity index (χ0) is 19.6. The molecule has 2 saturated heterocycles. The molecule has 0 aromatic heterocycles. The molecule has 1 N–H and O–H groups in total. The second-order valence-electron chi connectivity index (χ2n) is 7.84. The van der Waals surface area contributed by atoms with E-state index in [4.69, 9.17) is 0 Å². The maximum Gasteiger partial charge on any atom is 0.227 e. The van der Waals surface area contributed by atoms with Crippen molar-refractivity contribution in [1.29, 1.82) is 0 Å². The van der Waals surface area contributed by atoms with E-state index in [1.54, 1.807) is 0 Å². The lowest BCUT2D eigenvalue weighted by molar-refractivity contribution is -0.929. The van der Waals surface area contributed by atoms with Gasteiger partial charge >= 0.3 is 0 Å². The zero-order valence-electron chi connectivity index (χ0n) is 16.0. The summed E-state index contributed by atoms with van der Waals surface area (Å²) in [5, 5.41) is 0. The first-order valence-electron chi connectivity index (χ1n) is 9.97. The number of carbonyl (C=O) groups is 1. The fourth-order valence-corrected chi connectivity index (χ4v) is 6.24. The van der Waals surface area contributed by atoms with Gasteiger partial charge in [0, 0.05) is 11.1 Å². The summed E-state index contributed by atoms with van der Waals surface area (Å²) in [6.45, 7) is 3.08. The number of nitrogens with zero attached hydrogens (tertiary/aromatic N) is 1. The number of carbonyl (C=O) groups excluding carboxylic acids is 1. The third-order valence-corrected chi connectivity index (χ3v) is 7.74. The molecule has 28 heavy (non-hydrogen) atoms. The van der Waals surface area contributed by atoms with E-state index in [0.29, 0.717) is 19.5 Å². The predicted molar refractivity (Wildman–Crippen MR) is 109 cm³/mol. The Balaban J connectivity index is 1.47. The molecule has 0 bridgehead atoms. The van der Waals surface area contributed by atoms with Crippen molar-refractivity contribution in [2.24, 2.45) is 5.92 Å². The fourth-order valence-electron chi connectivity index (χ4n) is 4.51. The number of quaternary nitrogens is 1. The number of nitrogens with one attached hydrogen (secondary N) is 1. The van der Waals surface area contributed by atoms with Crippen molar-refractivity contribution in [3.05, 3.63) is 71.8 Å². The van der Waals surface area contributed by atoms with Gasteiger partial charge in [-0.1, -0.05) is 60.7 Å². The quantitative estimate of drug-likeness (QED) is 0.833. The third-order valence-electron chi connectivity index (χ3n) is 5.97. The van der Waals surface area contributed by atoms with Crippen molar-refractivity contribution in [2.45, 2.75) is 12.5 Å². The summed E-state index contributed by atoms with van der Waals surface area (Å²) >= 11 is 0. The van der Waals surface area contributed by atoms with Crippen LogP contribution in [-0.2, 0) is 14.6 Å². The molecule has 2 heterocycles. The zero-order valence-corrected chi connectivity index (χ0v) is 16.8. The summed E-state index contributed by atoms with van der Waals surface area (Å²) in [4.78, 5) is 16.1. The van der Waals surface area contributed by atoms with Crippen LogP contribution >= 0.6 is 0 Å². The first kappa shape index (κ1) is 19.2. The van der Waals surface area contributed by atoms with Gasteiger partial charge in [0.25, 0.3) is 0 Å². The van der Waals surface area contributed by atoms with Crippen LogP contribution < -0.4 is 4.90 Å². The first-order valence-corrected chi connectivity index (χ1v) is 11.8. The Morgan fingerprint density at radius 2 is 1.46 bits per heavy atom. The molecule has 2 aliphatic rings. The van der Waals surface area contributed by atoms with Gasteiger partial charge in [0.05, 0.1) is 43.6 Å². The molecule has 4 rings (SSSR count). The van der Waals surface area contributed by atoms with Crippen LogP contribution in [0.3, 0.4) is 0 Å². The van der Waals surface area contributed by atoms with E-state index in [1.807, 2.05) is 17.0 Å². The van der Waals surface area contributed by atoms with Crippen LogP contribution in [0.2, 0.25) is 0 Å². The van der Waals surface area contributed by atoms with Crippen LogP contribution in [0.4, 0.5) is 0 Å². The summed E-state index contributed by atoms with van der Waals surface area (Å²) in [5.41, 5.74) is 2.57. The van der Waals surface area contributed by atoms with Crippen molar-refractivity contribution >= 4 is 15.7 Å². The van der Waals surface area contributed by atoms with Gasteiger partial charge < -0.3 is 9.80 Å². The third kappa shape index (κ3) is 4.13. The van der Waals surface area contributed by atoms with E-state index < -0.39 is 9.84 Å². The second-order valence-corrected chi connectivity index (χ2v) is 10.1. The van der Waals surface area contributed by atoms with Gasteiger partial charge in [0.15, 0.2) is 9.84 Å². The molecule has 0 unspecified atom stereocenters. The van der Waals surface area contributed by atoms with E-state index in [0.717, 1.165) is 13.1 Å². The van der Waals surface area contributed by atoms with Crippen molar-refractivity contribution < 1.29 is 18.1 Å². The average molecular weight is 400 g/mol. The molecule has 2 fully saturated rings. The lowest BCUT2D eigenvalue weighted by atomic mass is 9.96. The second kappa shape index (κ2) is 8.05. The minimum absolute atomic E-state index is 0.0234. The summed E-state index contributed by atoms with van der Waals surface area (Å²) in [7, 11) is -3.03. The molecule has 0 saturated carbocycles. The number of rotatable bonds is 4. The van der Waals surface area contributed by atoms with Crippen LogP contribution in [0.15, 0.2) is 60.7 Å². The van der Waals surface area contributed by atoms with Gasteiger partial charge in [-0.2, -0.15) is 0 Å². The lowest BCUT2D eigenvalue weighted by Gasteiger charge is -2.37. The van der Waals surface area contributed by atoms with Crippen molar-refractivity contribution in [3.8, 4) is 0 Å². The molecule has 0 radical (unpaired) electrons. The highest BCUT2D eigenvalue weighted by molar-refractivity contribution is 7.91. The smallest absolute Gasteiger partial charge is 0.227 e. The number of sulfone groups is 1. The monoisotopic (exact) mass is 399 g/mol. The molecule has 5 nitrogen and oxygen atoms in total. The Bertz CT molecular complexity index is 868. The molecular weight excluding hydrogens is 372 g/mol. The van der Waals surface area contributed by atoms with Gasteiger partial charge in [-0.05, 0) is 6.42 Å². The molecule has 1 atom stereocenters. The Kier molecular flexibility index (Phi) is 5.51. The van der Waals surface area contributed by atoms with Gasteiger partial charge in [0.2, 0.25) is 5.91 Å². The number of benzene rings is 2. The van der Waals surface area contributed by atoms with Crippen LogP contribution in [-0.4, -0.2) is 56.9 Å². The van der Waals surface area contributed by atoms with E-state index in [-0.39, 0.29) is 29.4 Å². The molecule has 2 aliphatic heterocycles. The molecule has 0 spiro atoms. The summed E-state index contributed by atoms with van der Waals surface area (Å²) in [6, 6.07) is 21.3. The normalized spacial score (nSPS) is 22.5. The van der Waals surface area contributed by atoms with Crippen molar-refractivity contribution in [3.63, 3.8) is 0 Å². The highest BCUT2D eigenvalue weighted by Crippen LogP contribution is 2.22. The topological polar surface area (TPSA) is 58.9 Å².